The highest BCUT2D eigenvalue weighted by molar-refractivity contribution is 5.99. The van der Waals surface area contributed by atoms with E-state index in [1.165, 1.54) is 6.07 Å². The molecule has 1 aliphatic heterocycles. The molecule has 0 unspecified atom stereocenters. The monoisotopic (exact) mass is 514 g/mol. The fourth-order valence-corrected chi connectivity index (χ4v) is 5.32. The van der Waals surface area contributed by atoms with E-state index in [1.807, 2.05) is 6.92 Å². The molecule has 7 nitrogen and oxygen atoms in total. The number of carbonyl (C=O) groups excluding carboxylic acids is 1. The average molecular weight is 515 g/mol. The number of aliphatic hydroxyl groups excluding tert-OH is 1. The second-order valence-electron chi connectivity index (χ2n) is 9.97. The third-order valence-corrected chi connectivity index (χ3v) is 7.38. The lowest BCUT2D eigenvalue weighted by molar-refractivity contribution is -0.137. The van der Waals surface area contributed by atoms with E-state index in [0.29, 0.717) is 48.6 Å². The smallest absolute Gasteiger partial charge is 0.393 e. The molecule has 2 aromatic heterocycles. The molecule has 3 heterocycles. The third kappa shape index (κ3) is 5.26. The summed E-state index contributed by atoms with van der Waals surface area (Å²) < 4.78 is 44.7. The van der Waals surface area contributed by atoms with E-state index in [9.17, 15) is 23.1 Å². The van der Waals surface area contributed by atoms with Crippen molar-refractivity contribution in [1.82, 2.24) is 14.9 Å². The molecule has 2 aliphatic rings. The molecule has 0 saturated heterocycles. The van der Waals surface area contributed by atoms with Crippen molar-refractivity contribution in [2.24, 2.45) is 5.92 Å². The van der Waals surface area contributed by atoms with Crippen LogP contribution in [0.2, 0.25) is 0 Å². The van der Waals surface area contributed by atoms with Crippen molar-refractivity contribution in [3.05, 3.63) is 64.5 Å². The first-order valence-corrected chi connectivity index (χ1v) is 12.4. The number of nitrogen functional groups attached to an aromatic ring is 1. The molecule has 196 valence electrons. The summed E-state index contributed by atoms with van der Waals surface area (Å²) in [6.45, 7) is 2.78. The van der Waals surface area contributed by atoms with Gasteiger partial charge in [0.05, 0.1) is 42.1 Å². The third-order valence-electron chi connectivity index (χ3n) is 7.38. The van der Waals surface area contributed by atoms with Crippen molar-refractivity contribution in [3.8, 4) is 0 Å². The second kappa shape index (κ2) is 9.90. The predicted molar refractivity (Wildman–Crippen MR) is 131 cm³/mol. The van der Waals surface area contributed by atoms with E-state index in [2.05, 4.69) is 9.97 Å². The maximum atomic E-state index is 13.8. The van der Waals surface area contributed by atoms with E-state index in [1.54, 1.807) is 23.1 Å². The van der Waals surface area contributed by atoms with Gasteiger partial charge in [0.15, 0.2) is 0 Å². The summed E-state index contributed by atoms with van der Waals surface area (Å²) in [4.78, 5) is 23.9. The number of ether oxygens (including phenoxy) is 1. The van der Waals surface area contributed by atoms with Gasteiger partial charge in [-0.05, 0) is 74.4 Å². The number of amides is 1. The number of aromatic nitrogens is 2. The molecule has 1 fully saturated rings. The maximum absolute atomic E-state index is 13.8. The molecule has 1 amide bonds. The number of benzene rings is 1. The van der Waals surface area contributed by atoms with Gasteiger partial charge < -0.3 is 20.5 Å². The van der Waals surface area contributed by atoms with Crippen molar-refractivity contribution in [2.75, 3.05) is 12.3 Å². The summed E-state index contributed by atoms with van der Waals surface area (Å²) in [5.74, 6) is 0.357. The maximum Gasteiger partial charge on any atom is 0.417 e. The lowest BCUT2D eigenvalue weighted by Gasteiger charge is -2.31. The van der Waals surface area contributed by atoms with Crippen LogP contribution in [0.4, 0.5) is 19.0 Å². The van der Waals surface area contributed by atoms with Crippen LogP contribution in [0, 0.1) is 5.92 Å². The number of halogens is 3. The number of nitrogens with zero attached hydrogens (tertiary/aromatic N) is 3. The van der Waals surface area contributed by atoms with Crippen LogP contribution in [0.25, 0.3) is 10.9 Å². The van der Waals surface area contributed by atoms with Crippen LogP contribution in [0.3, 0.4) is 0 Å². The Morgan fingerprint density at radius 2 is 1.95 bits per heavy atom. The normalized spacial score (nSPS) is 21.7. The highest BCUT2D eigenvalue weighted by Crippen LogP contribution is 2.38. The molecule has 37 heavy (non-hydrogen) atoms. The largest absolute Gasteiger partial charge is 0.417 e. The zero-order valence-corrected chi connectivity index (χ0v) is 20.5. The highest BCUT2D eigenvalue weighted by atomic mass is 19.4. The van der Waals surface area contributed by atoms with Crippen LogP contribution in [0.5, 0.6) is 0 Å². The second-order valence-corrected chi connectivity index (χ2v) is 9.97. The molecule has 3 aromatic rings. The van der Waals surface area contributed by atoms with E-state index < -0.39 is 11.7 Å². The fraction of sp³-hybridized carbons (Fsp3) is 0.444. The number of hydrogen-bond acceptors (Lipinski definition) is 6. The molecule has 1 aromatic carbocycles. The first kappa shape index (κ1) is 25.4. The number of rotatable bonds is 5. The molecule has 1 aliphatic carbocycles. The molecule has 0 radical (unpaired) electrons. The van der Waals surface area contributed by atoms with Crippen LogP contribution in [-0.4, -0.2) is 38.5 Å². The minimum absolute atomic E-state index is 0.0757. The van der Waals surface area contributed by atoms with Gasteiger partial charge in [0.1, 0.15) is 5.82 Å². The van der Waals surface area contributed by atoms with Crippen LogP contribution in [0.15, 0.2) is 36.5 Å². The number of hydrogen-bond donors (Lipinski definition) is 2. The van der Waals surface area contributed by atoms with Crippen LogP contribution in [-0.2, 0) is 24.1 Å². The SMILES string of the molecule is C[C@@H]1OCc2c1c(N)nc1ccc(C(=O)N(Cc3ccc(C(F)(F)F)cn3)CC3CCC(O)CC3)cc21. The Bertz CT molecular complexity index is 1300. The molecule has 0 bridgehead atoms. The van der Waals surface area contributed by atoms with Crippen molar-refractivity contribution in [2.45, 2.75) is 64.1 Å². The van der Waals surface area contributed by atoms with Crippen LogP contribution >= 0.6 is 0 Å². The predicted octanol–water partition coefficient (Wildman–Crippen LogP) is 5.02. The van der Waals surface area contributed by atoms with Gasteiger partial charge in [-0.3, -0.25) is 9.78 Å². The molecule has 10 heteroatoms. The summed E-state index contributed by atoms with van der Waals surface area (Å²) in [6.07, 6.45) is -1.32. The topological polar surface area (TPSA) is 102 Å². The summed E-state index contributed by atoms with van der Waals surface area (Å²) in [5.41, 5.74) is 8.56. The average Bonchev–Trinajstić information content (AvgIpc) is 3.26. The summed E-state index contributed by atoms with van der Waals surface area (Å²) in [7, 11) is 0. The standard InChI is InChI=1S/C27H29F3N4O3/c1-15-24-22(14-37-15)21-10-17(4-9-23(21)33-25(24)31)26(36)34(12-16-2-7-20(35)8-3-16)13-19-6-5-18(11-32-19)27(28,29)30/h4-6,9-11,15-16,20,35H,2-3,7-8,12-14H2,1H3,(H2,31,33)/t15-,16?,20?/m0/s1. The Labute approximate surface area is 212 Å². The molecular weight excluding hydrogens is 485 g/mol. The van der Waals surface area contributed by atoms with E-state index >= 15 is 0 Å². The molecule has 1 atom stereocenters. The van der Waals surface area contributed by atoms with Crippen molar-refractivity contribution < 1.29 is 27.8 Å². The Morgan fingerprint density at radius 1 is 1.19 bits per heavy atom. The van der Waals surface area contributed by atoms with Gasteiger partial charge in [-0.1, -0.05) is 0 Å². The first-order valence-electron chi connectivity index (χ1n) is 12.4. The quantitative estimate of drug-likeness (QED) is 0.496. The van der Waals surface area contributed by atoms with Crippen LogP contribution in [0.1, 0.15) is 71.5 Å². The number of fused-ring (bicyclic) bond motifs is 3. The summed E-state index contributed by atoms with van der Waals surface area (Å²) in [5, 5.41) is 10.7. The minimum Gasteiger partial charge on any atom is -0.393 e. The summed E-state index contributed by atoms with van der Waals surface area (Å²) in [6, 6.07) is 7.54. The Morgan fingerprint density at radius 3 is 2.62 bits per heavy atom. The van der Waals surface area contributed by atoms with Gasteiger partial charge in [0, 0.05) is 29.3 Å². The van der Waals surface area contributed by atoms with Crippen molar-refractivity contribution >= 4 is 22.6 Å². The van der Waals surface area contributed by atoms with Crippen molar-refractivity contribution in [3.63, 3.8) is 0 Å². The highest BCUT2D eigenvalue weighted by Gasteiger charge is 2.31. The van der Waals surface area contributed by atoms with Crippen LogP contribution < -0.4 is 5.73 Å². The lowest BCUT2D eigenvalue weighted by Crippen LogP contribution is -2.37. The Balaban J connectivity index is 1.45. The van der Waals surface area contributed by atoms with Gasteiger partial charge >= 0.3 is 6.18 Å². The number of pyridine rings is 2. The van der Waals surface area contributed by atoms with Gasteiger partial charge in [-0.25, -0.2) is 4.98 Å². The van der Waals surface area contributed by atoms with Gasteiger partial charge in [0.25, 0.3) is 5.91 Å². The number of anilines is 1. The Hall–Kier alpha value is -3.24. The van der Waals surface area contributed by atoms with Crippen molar-refractivity contribution in [1.29, 1.82) is 0 Å². The lowest BCUT2D eigenvalue weighted by atomic mass is 9.87. The number of nitrogens with two attached hydrogens (primary N) is 1. The minimum atomic E-state index is -4.48. The zero-order valence-electron chi connectivity index (χ0n) is 20.5. The van der Waals surface area contributed by atoms with Gasteiger partial charge in [-0.2, -0.15) is 13.2 Å². The van der Waals surface area contributed by atoms with Gasteiger partial charge in [0.2, 0.25) is 0 Å². The molecule has 1 saturated carbocycles. The molecule has 3 N–H and O–H groups in total. The zero-order chi connectivity index (χ0) is 26.3. The van der Waals surface area contributed by atoms with Gasteiger partial charge in [-0.15, -0.1) is 0 Å². The van der Waals surface area contributed by atoms with E-state index in [4.69, 9.17) is 10.5 Å². The molecule has 5 rings (SSSR count). The Kier molecular flexibility index (Phi) is 6.80. The number of carbonyl (C=O) groups is 1. The van der Waals surface area contributed by atoms with E-state index in [-0.39, 0.29) is 30.6 Å². The molecular formula is C27H29F3N4O3. The van der Waals surface area contributed by atoms with E-state index in [0.717, 1.165) is 41.6 Å². The number of alkyl halides is 3. The summed E-state index contributed by atoms with van der Waals surface area (Å²) >= 11 is 0. The fourth-order valence-electron chi connectivity index (χ4n) is 5.32. The number of aliphatic hydroxyl groups is 1. The first-order chi connectivity index (χ1) is 17.6. The molecule has 0 spiro atoms.